The van der Waals surface area contributed by atoms with Crippen LogP contribution in [0.25, 0.3) is 0 Å². The van der Waals surface area contributed by atoms with Crippen LogP contribution in [0.15, 0.2) is 11.6 Å². The first-order valence-corrected chi connectivity index (χ1v) is 6.65. The smallest absolute Gasteiger partial charge is 0.107 e. The van der Waals surface area contributed by atoms with Gasteiger partial charge in [0.2, 0.25) is 0 Å². The Morgan fingerprint density at radius 3 is 3.20 bits per heavy atom. The van der Waals surface area contributed by atoms with E-state index in [2.05, 4.69) is 20.6 Å². The first-order valence-electron chi connectivity index (χ1n) is 5.77. The maximum absolute atomic E-state index is 4.36. The van der Waals surface area contributed by atoms with E-state index in [1.165, 1.54) is 37.4 Å². The molecule has 3 heterocycles. The summed E-state index contributed by atoms with van der Waals surface area (Å²) in [5.41, 5.74) is 0. The lowest BCUT2D eigenvalue weighted by molar-refractivity contribution is 0.250. The van der Waals surface area contributed by atoms with Crippen LogP contribution in [-0.4, -0.2) is 35.1 Å². The number of nitrogens with zero attached hydrogens (tertiary/aromatic N) is 2. The molecule has 2 aliphatic rings. The van der Waals surface area contributed by atoms with E-state index in [9.17, 15) is 0 Å². The number of thiazole rings is 1. The molecule has 2 saturated heterocycles. The molecule has 1 N–H and O–H groups in total. The number of hydrogen-bond donors (Lipinski definition) is 1. The number of aromatic nitrogens is 1. The van der Waals surface area contributed by atoms with Gasteiger partial charge in [-0.05, 0) is 19.3 Å². The second-order valence-corrected chi connectivity index (χ2v) is 5.57. The molecule has 15 heavy (non-hydrogen) atoms. The van der Waals surface area contributed by atoms with Gasteiger partial charge in [-0.2, -0.15) is 0 Å². The number of likely N-dealkylation sites (tertiary alicyclic amines) is 1. The number of rotatable bonds is 2. The van der Waals surface area contributed by atoms with Gasteiger partial charge in [-0.1, -0.05) is 0 Å². The monoisotopic (exact) mass is 223 g/mol. The van der Waals surface area contributed by atoms with Crippen LogP contribution in [-0.2, 0) is 6.54 Å². The third kappa shape index (κ3) is 2.22. The van der Waals surface area contributed by atoms with Crippen LogP contribution in [0.4, 0.5) is 0 Å². The van der Waals surface area contributed by atoms with Crippen LogP contribution in [0.2, 0.25) is 0 Å². The summed E-state index contributed by atoms with van der Waals surface area (Å²) >= 11 is 1.77. The van der Waals surface area contributed by atoms with Crippen molar-refractivity contribution in [1.82, 2.24) is 15.2 Å². The zero-order valence-corrected chi connectivity index (χ0v) is 9.67. The number of fused-ring (bicyclic) bond motifs is 2. The molecule has 2 bridgehead atoms. The van der Waals surface area contributed by atoms with Gasteiger partial charge >= 0.3 is 0 Å². The molecule has 2 fully saturated rings. The second-order valence-electron chi connectivity index (χ2n) is 4.59. The summed E-state index contributed by atoms with van der Waals surface area (Å²) in [6, 6.07) is 1.52. The summed E-state index contributed by atoms with van der Waals surface area (Å²) in [4.78, 5) is 6.91. The molecule has 0 saturated carbocycles. The molecule has 3 rings (SSSR count). The minimum absolute atomic E-state index is 0.734. The molecule has 1 aromatic rings. The fourth-order valence-corrected chi connectivity index (χ4v) is 3.34. The highest BCUT2D eigenvalue weighted by atomic mass is 32.1. The van der Waals surface area contributed by atoms with Crippen molar-refractivity contribution < 1.29 is 0 Å². The van der Waals surface area contributed by atoms with E-state index in [1.807, 2.05) is 6.20 Å². The van der Waals surface area contributed by atoms with Gasteiger partial charge in [-0.15, -0.1) is 11.3 Å². The van der Waals surface area contributed by atoms with Gasteiger partial charge in [0.05, 0.1) is 6.54 Å². The molecule has 4 heteroatoms. The van der Waals surface area contributed by atoms with E-state index in [0.29, 0.717) is 0 Å². The van der Waals surface area contributed by atoms with Gasteiger partial charge < -0.3 is 5.32 Å². The Bertz CT molecular complexity index is 312. The Morgan fingerprint density at radius 1 is 1.40 bits per heavy atom. The van der Waals surface area contributed by atoms with Crippen molar-refractivity contribution in [3.63, 3.8) is 0 Å². The van der Waals surface area contributed by atoms with Crippen LogP contribution >= 0.6 is 11.3 Å². The normalized spacial score (nSPS) is 31.7. The molecular formula is C11H17N3S. The summed E-state index contributed by atoms with van der Waals surface area (Å²) in [5, 5.41) is 7.03. The lowest BCUT2D eigenvalue weighted by Crippen LogP contribution is -2.34. The van der Waals surface area contributed by atoms with Crippen molar-refractivity contribution in [2.75, 3.05) is 13.1 Å². The van der Waals surface area contributed by atoms with Gasteiger partial charge in [0, 0.05) is 36.8 Å². The molecule has 1 aromatic heterocycles. The fourth-order valence-electron chi connectivity index (χ4n) is 2.68. The summed E-state index contributed by atoms with van der Waals surface area (Å²) in [5.74, 6) is 0. The highest BCUT2D eigenvalue weighted by Crippen LogP contribution is 2.21. The predicted octanol–water partition coefficient (Wildman–Crippen LogP) is 1.47. The number of hydrogen-bond acceptors (Lipinski definition) is 4. The quantitative estimate of drug-likeness (QED) is 0.823. The third-order valence-corrected chi connectivity index (χ3v) is 4.21. The van der Waals surface area contributed by atoms with E-state index in [4.69, 9.17) is 0 Å². The topological polar surface area (TPSA) is 28.2 Å². The standard InChI is InChI=1S/C11H17N3S/c1-2-10-7-14(5-3-9(1)13-10)8-11-12-4-6-15-11/h4,6,9-10,13H,1-3,5,7-8H2. The zero-order valence-electron chi connectivity index (χ0n) is 8.85. The molecule has 0 aromatic carbocycles. The molecular weight excluding hydrogens is 206 g/mol. The Hall–Kier alpha value is -0.450. The number of nitrogens with one attached hydrogen (secondary N) is 1. The first kappa shape index (κ1) is 9.75. The van der Waals surface area contributed by atoms with Crippen molar-refractivity contribution in [3.05, 3.63) is 16.6 Å². The largest absolute Gasteiger partial charge is 0.310 e. The van der Waals surface area contributed by atoms with Crippen molar-refractivity contribution in [2.24, 2.45) is 0 Å². The van der Waals surface area contributed by atoms with E-state index < -0.39 is 0 Å². The lowest BCUT2D eigenvalue weighted by atomic mass is 10.1. The molecule has 3 nitrogen and oxygen atoms in total. The Morgan fingerprint density at radius 2 is 2.33 bits per heavy atom. The Balaban J connectivity index is 1.62. The van der Waals surface area contributed by atoms with Gasteiger partial charge in [0.15, 0.2) is 0 Å². The van der Waals surface area contributed by atoms with Crippen LogP contribution in [0.5, 0.6) is 0 Å². The minimum Gasteiger partial charge on any atom is -0.310 e. The van der Waals surface area contributed by atoms with E-state index in [1.54, 1.807) is 11.3 Å². The molecule has 2 atom stereocenters. The third-order valence-electron chi connectivity index (χ3n) is 3.45. The van der Waals surface area contributed by atoms with Crippen LogP contribution in [0, 0.1) is 0 Å². The molecule has 82 valence electrons. The molecule has 0 spiro atoms. The average Bonchev–Trinajstić information content (AvgIpc) is 2.80. The highest BCUT2D eigenvalue weighted by molar-refractivity contribution is 7.09. The summed E-state index contributed by atoms with van der Waals surface area (Å²) in [6.45, 7) is 3.48. The lowest BCUT2D eigenvalue weighted by Gasteiger charge is -2.22. The molecule has 0 amide bonds. The summed E-state index contributed by atoms with van der Waals surface area (Å²) < 4.78 is 0. The summed E-state index contributed by atoms with van der Waals surface area (Å²) in [6.07, 6.45) is 5.96. The van der Waals surface area contributed by atoms with Crippen LogP contribution < -0.4 is 5.32 Å². The SMILES string of the molecule is c1csc(CN2CCC3CCC(C2)N3)n1. The van der Waals surface area contributed by atoms with Crippen molar-refractivity contribution >= 4 is 11.3 Å². The summed E-state index contributed by atoms with van der Waals surface area (Å²) in [7, 11) is 0. The maximum Gasteiger partial charge on any atom is 0.107 e. The van der Waals surface area contributed by atoms with E-state index in [-0.39, 0.29) is 0 Å². The van der Waals surface area contributed by atoms with Crippen molar-refractivity contribution in [1.29, 1.82) is 0 Å². The molecule has 0 aliphatic carbocycles. The average molecular weight is 223 g/mol. The Labute approximate surface area is 94.5 Å². The zero-order chi connectivity index (χ0) is 10.1. The molecule has 0 radical (unpaired) electrons. The second kappa shape index (κ2) is 4.20. The van der Waals surface area contributed by atoms with Gasteiger partial charge in [0.1, 0.15) is 5.01 Å². The fraction of sp³-hybridized carbons (Fsp3) is 0.727. The van der Waals surface area contributed by atoms with Gasteiger partial charge in [-0.25, -0.2) is 4.98 Å². The van der Waals surface area contributed by atoms with Crippen molar-refractivity contribution in [3.8, 4) is 0 Å². The molecule has 2 aliphatic heterocycles. The molecule has 2 unspecified atom stereocenters. The minimum atomic E-state index is 0.734. The van der Waals surface area contributed by atoms with Gasteiger partial charge in [-0.3, -0.25) is 4.90 Å². The first-order chi connectivity index (χ1) is 7.40. The predicted molar refractivity (Wildman–Crippen MR) is 62.0 cm³/mol. The van der Waals surface area contributed by atoms with Crippen LogP contribution in [0.1, 0.15) is 24.3 Å². The highest BCUT2D eigenvalue weighted by Gasteiger charge is 2.29. The van der Waals surface area contributed by atoms with E-state index >= 15 is 0 Å². The maximum atomic E-state index is 4.36. The van der Waals surface area contributed by atoms with Crippen LogP contribution in [0.3, 0.4) is 0 Å². The van der Waals surface area contributed by atoms with E-state index in [0.717, 1.165) is 18.6 Å². The van der Waals surface area contributed by atoms with Crippen molar-refractivity contribution in [2.45, 2.75) is 37.9 Å². The Kier molecular flexibility index (Phi) is 2.73. The van der Waals surface area contributed by atoms with Gasteiger partial charge in [0.25, 0.3) is 0 Å².